The number of fused-ring (bicyclic) bond motifs is 3. The maximum absolute atomic E-state index is 13.1. The van der Waals surface area contributed by atoms with E-state index in [1.165, 1.54) is 22.3 Å². The summed E-state index contributed by atoms with van der Waals surface area (Å²) < 4.78 is 0. The van der Waals surface area contributed by atoms with Gasteiger partial charge in [-0.05, 0) is 59.4 Å². The van der Waals surface area contributed by atoms with Crippen LogP contribution in [0.25, 0.3) is 11.1 Å². The van der Waals surface area contributed by atoms with Gasteiger partial charge < -0.3 is 5.41 Å². The fourth-order valence-corrected chi connectivity index (χ4v) is 4.10. The van der Waals surface area contributed by atoms with Crippen LogP contribution in [0.5, 0.6) is 0 Å². The van der Waals surface area contributed by atoms with Crippen LogP contribution in [0.15, 0.2) is 60.7 Å². The molecule has 0 unspecified atom stereocenters. The summed E-state index contributed by atoms with van der Waals surface area (Å²) in [6, 6.07) is 20.1. The number of rotatable bonds is 3. The molecule has 0 aliphatic heterocycles. The van der Waals surface area contributed by atoms with Gasteiger partial charge in [0.1, 0.15) is 0 Å². The number of carbonyl (C=O) groups excluding carboxylic acids is 1. The van der Waals surface area contributed by atoms with E-state index in [9.17, 15) is 4.79 Å². The Morgan fingerprint density at radius 3 is 1.77 bits per heavy atom. The number of hydrogen-bond acceptors (Lipinski definition) is 2. The minimum Gasteiger partial charge on any atom is -0.305 e. The quantitative estimate of drug-likeness (QED) is 0.343. The lowest BCUT2D eigenvalue weighted by Gasteiger charge is -2.22. The van der Waals surface area contributed by atoms with E-state index in [-0.39, 0.29) is 11.2 Å². The molecule has 31 heavy (non-hydrogen) atoms. The summed E-state index contributed by atoms with van der Waals surface area (Å²) >= 11 is 0. The summed E-state index contributed by atoms with van der Waals surface area (Å²) in [5.74, 6) is 0.0682. The molecule has 0 amide bonds. The number of nitrogens with one attached hydrogen (secondary N) is 1. The average molecular weight is 414 g/mol. The minimum absolute atomic E-state index is 0.0682. The molecule has 1 aliphatic carbocycles. The Hall–Kier alpha value is -3.00. The number of benzene rings is 3. The van der Waals surface area contributed by atoms with Gasteiger partial charge in [0.2, 0.25) is 0 Å². The molecule has 0 aromatic heterocycles. The van der Waals surface area contributed by atoms with Crippen molar-refractivity contribution in [3.05, 3.63) is 94.0 Å². The van der Waals surface area contributed by atoms with Crippen molar-refractivity contribution < 1.29 is 4.79 Å². The fourth-order valence-electron chi connectivity index (χ4n) is 4.10. The van der Waals surface area contributed by atoms with E-state index in [4.69, 9.17) is 5.41 Å². The smallest absolute Gasteiger partial charge is 0.193 e. The highest BCUT2D eigenvalue weighted by molar-refractivity contribution is 6.10. The predicted molar refractivity (Wildman–Crippen MR) is 134 cm³/mol. The summed E-state index contributed by atoms with van der Waals surface area (Å²) in [6.45, 7) is 16.2. The van der Waals surface area contributed by atoms with E-state index in [0.717, 1.165) is 22.3 Å². The van der Waals surface area contributed by atoms with Gasteiger partial charge in [-0.1, -0.05) is 90.1 Å². The van der Waals surface area contributed by atoms with Crippen molar-refractivity contribution in [3.63, 3.8) is 0 Å². The highest BCUT2D eigenvalue weighted by atomic mass is 16.1. The molecular formula is C29H35NO. The Balaban J connectivity index is 0.000000807. The van der Waals surface area contributed by atoms with Gasteiger partial charge in [0.05, 0.1) is 0 Å². The molecule has 0 saturated carbocycles. The zero-order valence-corrected chi connectivity index (χ0v) is 20.2. The van der Waals surface area contributed by atoms with Gasteiger partial charge >= 0.3 is 0 Å². The van der Waals surface area contributed by atoms with Crippen molar-refractivity contribution in [2.24, 2.45) is 0 Å². The molecule has 0 spiro atoms. The molecule has 0 saturated heterocycles. The summed E-state index contributed by atoms with van der Waals surface area (Å²) in [5, 5.41) is 7.95. The van der Waals surface area contributed by atoms with E-state index in [0.29, 0.717) is 5.71 Å². The standard InChI is InChI=1S/C25H23NO.2C2H6/c1-15-7-5-6-8-19(15)24(27)18-10-12-21-20-11-9-17(16(2)26)13-22(20)25(3,4)23(21)14-18;2*1-2/h5-14,26H,1-4H3;2*1-2H3. The van der Waals surface area contributed by atoms with Gasteiger partial charge in [-0.25, -0.2) is 0 Å². The van der Waals surface area contributed by atoms with Crippen molar-refractivity contribution >= 4 is 11.5 Å². The van der Waals surface area contributed by atoms with Gasteiger partial charge in [0.25, 0.3) is 0 Å². The lowest BCUT2D eigenvalue weighted by Crippen LogP contribution is -2.16. The molecule has 0 heterocycles. The molecule has 1 aliphatic rings. The molecule has 0 radical (unpaired) electrons. The number of ketones is 1. The minimum atomic E-state index is -0.196. The molecule has 0 bridgehead atoms. The second kappa shape index (κ2) is 9.87. The molecule has 1 N–H and O–H groups in total. The zero-order valence-electron chi connectivity index (χ0n) is 20.2. The molecule has 2 heteroatoms. The van der Waals surface area contributed by atoms with E-state index in [1.54, 1.807) is 0 Å². The second-order valence-corrected chi connectivity index (χ2v) is 7.91. The number of hydrogen-bond donors (Lipinski definition) is 1. The van der Waals surface area contributed by atoms with Crippen LogP contribution >= 0.6 is 0 Å². The third kappa shape index (κ3) is 4.39. The molecular weight excluding hydrogens is 378 g/mol. The van der Waals surface area contributed by atoms with E-state index in [1.807, 2.05) is 77.9 Å². The van der Waals surface area contributed by atoms with Crippen molar-refractivity contribution in [3.8, 4) is 11.1 Å². The normalized spacial score (nSPS) is 12.4. The summed E-state index contributed by atoms with van der Waals surface area (Å²) in [5.41, 5.74) is 8.60. The number of carbonyl (C=O) groups is 1. The van der Waals surface area contributed by atoms with Crippen LogP contribution in [0.4, 0.5) is 0 Å². The van der Waals surface area contributed by atoms with Crippen LogP contribution in [0.2, 0.25) is 0 Å². The molecule has 2 nitrogen and oxygen atoms in total. The van der Waals surface area contributed by atoms with Crippen LogP contribution in [-0.2, 0) is 5.41 Å². The van der Waals surface area contributed by atoms with E-state index < -0.39 is 0 Å². The third-order valence-corrected chi connectivity index (χ3v) is 5.76. The summed E-state index contributed by atoms with van der Waals surface area (Å²) in [6.07, 6.45) is 0. The van der Waals surface area contributed by atoms with Gasteiger partial charge in [-0.15, -0.1) is 0 Å². The van der Waals surface area contributed by atoms with E-state index >= 15 is 0 Å². The first kappa shape index (κ1) is 24.3. The van der Waals surface area contributed by atoms with Gasteiger partial charge in [0, 0.05) is 22.3 Å². The van der Waals surface area contributed by atoms with Crippen LogP contribution in [0.3, 0.4) is 0 Å². The Morgan fingerprint density at radius 2 is 1.26 bits per heavy atom. The first-order valence-electron chi connectivity index (χ1n) is 11.3. The Labute approximate surface area is 187 Å². The van der Waals surface area contributed by atoms with Crippen LogP contribution in [0.1, 0.15) is 86.6 Å². The van der Waals surface area contributed by atoms with Crippen molar-refractivity contribution in [2.45, 2.75) is 60.8 Å². The fraction of sp³-hybridized carbons (Fsp3) is 0.310. The molecule has 162 valence electrons. The SMILES string of the molecule is CC.CC.CC(=N)c1ccc2c(c1)C(C)(C)c1cc(C(=O)c3ccccc3C)ccc1-2. The predicted octanol–water partition coefficient (Wildman–Crippen LogP) is 7.97. The van der Waals surface area contributed by atoms with Gasteiger partial charge in [-0.3, -0.25) is 4.79 Å². The first-order chi connectivity index (χ1) is 14.8. The molecule has 4 rings (SSSR count). The maximum atomic E-state index is 13.1. The second-order valence-electron chi connectivity index (χ2n) is 7.91. The lowest BCUT2D eigenvalue weighted by atomic mass is 9.81. The maximum Gasteiger partial charge on any atom is 0.193 e. The highest BCUT2D eigenvalue weighted by Crippen LogP contribution is 2.49. The number of aryl methyl sites for hydroxylation is 1. The Morgan fingerprint density at radius 1 is 0.774 bits per heavy atom. The largest absolute Gasteiger partial charge is 0.305 e. The van der Waals surface area contributed by atoms with Crippen LogP contribution in [-0.4, -0.2) is 11.5 Å². The first-order valence-corrected chi connectivity index (χ1v) is 11.3. The third-order valence-electron chi connectivity index (χ3n) is 5.76. The average Bonchev–Trinajstić information content (AvgIpc) is 3.02. The molecule has 0 fully saturated rings. The van der Waals surface area contributed by atoms with Crippen molar-refractivity contribution in [1.29, 1.82) is 5.41 Å². The zero-order chi connectivity index (χ0) is 23.3. The van der Waals surface area contributed by atoms with Crippen molar-refractivity contribution in [2.75, 3.05) is 0 Å². The lowest BCUT2D eigenvalue weighted by molar-refractivity contribution is 0.103. The molecule has 0 atom stereocenters. The molecule has 3 aromatic carbocycles. The highest BCUT2D eigenvalue weighted by Gasteiger charge is 2.36. The summed E-state index contributed by atoms with van der Waals surface area (Å²) in [4.78, 5) is 13.1. The van der Waals surface area contributed by atoms with Crippen LogP contribution < -0.4 is 0 Å². The van der Waals surface area contributed by atoms with E-state index in [2.05, 4.69) is 38.1 Å². The van der Waals surface area contributed by atoms with Gasteiger partial charge in [-0.2, -0.15) is 0 Å². The van der Waals surface area contributed by atoms with Gasteiger partial charge in [0.15, 0.2) is 5.78 Å². The topological polar surface area (TPSA) is 40.9 Å². The molecule has 3 aromatic rings. The van der Waals surface area contributed by atoms with Crippen molar-refractivity contribution in [1.82, 2.24) is 0 Å². The Kier molecular flexibility index (Phi) is 7.73. The Bertz CT molecular complexity index is 1110. The van der Waals surface area contributed by atoms with Crippen LogP contribution in [0, 0.1) is 12.3 Å². The monoisotopic (exact) mass is 413 g/mol. The summed E-state index contributed by atoms with van der Waals surface area (Å²) in [7, 11) is 0.